The van der Waals surface area contributed by atoms with E-state index in [4.69, 9.17) is 9.41 Å². The fourth-order valence-corrected chi connectivity index (χ4v) is 5.76. The predicted molar refractivity (Wildman–Crippen MR) is 138 cm³/mol. The van der Waals surface area contributed by atoms with Crippen LogP contribution >= 0.6 is 11.8 Å². The van der Waals surface area contributed by atoms with E-state index in [1.807, 2.05) is 35.2 Å². The standard InChI is InChI=1S/C28H26N2O4S/c1-18-9-5-8-14-23(18)30-26(31)25(35-28(30)29-19-10-3-2-4-11-19)17-20-15-16-24(34-20)21-12-6-7-13-22(21)27(32)33/h2-4,6-7,10-13,15-18,23H,5,8-9,14H2,1H3,(H,32,33)/b25-17-,29-28?/t18-,23+/m0/s1. The lowest BCUT2D eigenvalue weighted by Crippen LogP contribution is -2.44. The van der Waals surface area contributed by atoms with Gasteiger partial charge in [-0.25, -0.2) is 9.79 Å². The van der Waals surface area contributed by atoms with Gasteiger partial charge in [0.15, 0.2) is 5.17 Å². The van der Waals surface area contributed by atoms with Gasteiger partial charge in [-0.1, -0.05) is 56.2 Å². The van der Waals surface area contributed by atoms with Crippen molar-refractivity contribution in [3.05, 3.63) is 83.0 Å². The first kappa shape index (κ1) is 23.2. The summed E-state index contributed by atoms with van der Waals surface area (Å²) in [6.45, 7) is 2.21. The molecule has 178 valence electrons. The molecule has 1 N–H and O–H groups in total. The molecule has 1 aromatic heterocycles. The van der Waals surface area contributed by atoms with Crippen molar-refractivity contribution in [1.82, 2.24) is 4.90 Å². The zero-order valence-corrected chi connectivity index (χ0v) is 20.2. The topological polar surface area (TPSA) is 83.1 Å². The Kier molecular flexibility index (Phi) is 6.59. The number of carbonyl (C=O) groups is 2. The van der Waals surface area contributed by atoms with Gasteiger partial charge in [-0.2, -0.15) is 0 Å². The third-order valence-electron chi connectivity index (χ3n) is 6.54. The van der Waals surface area contributed by atoms with E-state index >= 15 is 0 Å². The third-order valence-corrected chi connectivity index (χ3v) is 7.52. The quantitative estimate of drug-likeness (QED) is 0.400. The number of carboxylic acids is 1. The average molecular weight is 487 g/mol. The summed E-state index contributed by atoms with van der Waals surface area (Å²) >= 11 is 1.36. The van der Waals surface area contributed by atoms with Crippen molar-refractivity contribution in [1.29, 1.82) is 0 Å². The molecule has 0 spiro atoms. The molecule has 2 fully saturated rings. The SMILES string of the molecule is C[C@H]1CCCC[C@H]1N1C(=O)/C(=C/c2ccc(-c3ccccc3C(=O)O)o2)SC1=Nc1ccccc1. The van der Waals surface area contributed by atoms with Crippen LogP contribution in [0.4, 0.5) is 5.69 Å². The highest BCUT2D eigenvalue weighted by molar-refractivity contribution is 8.18. The van der Waals surface area contributed by atoms with E-state index < -0.39 is 5.97 Å². The van der Waals surface area contributed by atoms with Crippen molar-refractivity contribution in [3.8, 4) is 11.3 Å². The second kappa shape index (κ2) is 9.96. The molecule has 0 bridgehead atoms. The second-order valence-electron chi connectivity index (χ2n) is 8.90. The third kappa shape index (κ3) is 4.82. The maximum atomic E-state index is 13.6. The number of furan rings is 1. The normalized spacial score (nSPS) is 22.8. The molecule has 0 radical (unpaired) electrons. The zero-order valence-electron chi connectivity index (χ0n) is 19.4. The number of aliphatic imine (C=N–C) groups is 1. The number of nitrogens with zero attached hydrogens (tertiary/aromatic N) is 2. The van der Waals surface area contributed by atoms with E-state index in [9.17, 15) is 14.7 Å². The summed E-state index contributed by atoms with van der Waals surface area (Å²) < 4.78 is 5.96. The zero-order chi connectivity index (χ0) is 24.4. The number of amides is 1. The van der Waals surface area contributed by atoms with Crippen LogP contribution in [-0.2, 0) is 4.79 Å². The number of hydrogen-bond donors (Lipinski definition) is 1. The number of thioether (sulfide) groups is 1. The largest absolute Gasteiger partial charge is 0.478 e. The van der Waals surface area contributed by atoms with Gasteiger partial charge in [0, 0.05) is 17.7 Å². The van der Waals surface area contributed by atoms with Gasteiger partial charge in [-0.3, -0.25) is 9.69 Å². The van der Waals surface area contributed by atoms with Crippen LogP contribution in [0.25, 0.3) is 17.4 Å². The van der Waals surface area contributed by atoms with E-state index in [2.05, 4.69) is 6.92 Å². The van der Waals surface area contributed by atoms with Crippen molar-refractivity contribution in [2.45, 2.75) is 38.6 Å². The number of carbonyl (C=O) groups excluding carboxylic acids is 1. The summed E-state index contributed by atoms with van der Waals surface area (Å²) in [5, 5.41) is 10.2. The van der Waals surface area contributed by atoms with Crippen LogP contribution in [-0.4, -0.2) is 33.1 Å². The van der Waals surface area contributed by atoms with Crippen LogP contribution in [0.15, 0.2) is 81.0 Å². The lowest BCUT2D eigenvalue weighted by atomic mass is 9.85. The Bertz CT molecular complexity index is 1310. The van der Waals surface area contributed by atoms with Crippen molar-refractivity contribution in [3.63, 3.8) is 0 Å². The van der Waals surface area contributed by atoms with E-state index in [-0.39, 0.29) is 17.5 Å². The number of hydrogen-bond acceptors (Lipinski definition) is 5. The summed E-state index contributed by atoms with van der Waals surface area (Å²) in [6, 6.07) is 20.0. The molecule has 6 nitrogen and oxygen atoms in total. The first-order chi connectivity index (χ1) is 17.0. The number of aromatic carboxylic acids is 1. The molecule has 1 saturated carbocycles. The van der Waals surface area contributed by atoms with Crippen LogP contribution in [0.3, 0.4) is 0 Å². The Morgan fingerprint density at radius 1 is 1.06 bits per heavy atom. The number of benzene rings is 2. The molecular weight excluding hydrogens is 460 g/mol. The van der Waals surface area contributed by atoms with Gasteiger partial charge in [-0.15, -0.1) is 0 Å². The molecule has 1 amide bonds. The first-order valence-electron chi connectivity index (χ1n) is 11.8. The average Bonchev–Trinajstić information content (AvgIpc) is 3.45. The van der Waals surface area contributed by atoms with Gasteiger partial charge in [0.05, 0.1) is 16.2 Å². The highest BCUT2D eigenvalue weighted by Gasteiger charge is 2.41. The summed E-state index contributed by atoms with van der Waals surface area (Å²) in [6.07, 6.45) is 6.08. The monoisotopic (exact) mass is 486 g/mol. The molecule has 2 aliphatic rings. The highest BCUT2D eigenvalue weighted by atomic mass is 32.2. The number of carboxylic acid groups (broad SMARTS) is 1. The molecule has 1 saturated heterocycles. The minimum absolute atomic E-state index is 0.0627. The maximum Gasteiger partial charge on any atom is 0.336 e. The molecule has 2 heterocycles. The second-order valence-corrected chi connectivity index (χ2v) is 9.91. The predicted octanol–water partition coefficient (Wildman–Crippen LogP) is 6.83. The van der Waals surface area contributed by atoms with Crippen molar-refractivity contribution in [2.24, 2.45) is 10.9 Å². The summed E-state index contributed by atoms with van der Waals surface area (Å²) in [5.41, 5.74) is 1.48. The molecule has 0 unspecified atom stereocenters. The van der Waals surface area contributed by atoms with E-state index in [0.717, 1.165) is 24.9 Å². The Labute approximate surface area is 208 Å². The fraction of sp³-hybridized carbons (Fsp3) is 0.250. The fourth-order valence-electron chi connectivity index (χ4n) is 4.74. The molecule has 1 aliphatic heterocycles. The van der Waals surface area contributed by atoms with Crippen LogP contribution in [0.1, 0.15) is 48.7 Å². The van der Waals surface area contributed by atoms with E-state index in [0.29, 0.717) is 33.1 Å². The smallest absolute Gasteiger partial charge is 0.336 e. The van der Waals surface area contributed by atoms with Crippen LogP contribution < -0.4 is 0 Å². The van der Waals surface area contributed by atoms with Gasteiger partial charge in [0.2, 0.25) is 0 Å². The van der Waals surface area contributed by atoms with Crippen molar-refractivity contribution in [2.75, 3.05) is 0 Å². The van der Waals surface area contributed by atoms with Gasteiger partial charge < -0.3 is 9.52 Å². The van der Waals surface area contributed by atoms with E-state index in [1.54, 1.807) is 42.5 Å². The molecule has 3 aromatic rings. The first-order valence-corrected chi connectivity index (χ1v) is 12.6. The van der Waals surface area contributed by atoms with Crippen LogP contribution in [0.2, 0.25) is 0 Å². The minimum Gasteiger partial charge on any atom is -0.478 e. The highest BCUT2D eigenvalue weighted by Crippen LogP contribution is 2.40. The summed E-state index contributed by atoms with van der Waals surface area (Å²) in [7, 11) is 0. The van der Waals surface area contributed by atoms with Crippen LogP contribution in [0, 0.1) is 5.92 Å². The van der Waals surface area contributed by atoms with Gasteiger partial charge in [0.1, 0.15) is 11.5 Å². The lowest BCUT2D eigenvalue weighted by molar-refractivity contribution is -0.124. The maximum absolute atomic E-state index is 13.6. The Morgan fingerprint density at radius 2 is 1.80 bits per heavy atom. The number of rotatable bonds is 5. The van der Waals surface area contributed by atoms with E-state index in [1.165, 1.54) is 18.2 Å². The Morgan fingerprint density at radius 3 is 2.57 bits per heavy atom. The molecule has 5 rings (SSSR count). The molecule has 1 aliphatic carbocycles. The van der Waals surface area contributed by atoms with Gasteiger partial charge in [0.25, 0.3) is 5.91 Å². The van der Waals surface area contributed by atoms with Crippen molar-refractivity contribution < 1.29 is 19.1 Å². The van der Waals surface area contributed by atoms with Gasteiger partial charge in [-0.05, 0) is 60.9 Å². The van der Waals surface area contributed by atoms with Crippen molar-refractivity contribution >= 4 is 40.6 Å². The Balaban J connectivity index is 1.49. The Hall–Kier alpha value is -3.58. The number of para-hydroxylation sites is 1. The molecule has 2 aromatic carbocycles. The summed E-state index contributed by atoms with van der Waals surface area (Å²) in [4.78, 5) is 32.5. The molecule has 2 atom stereocenters. The molecule has 7 heteroatoms. The number of amidine groups is 1. The lowest BCUT2D eigenvalue weighted by Gasteiger charge is -2.35. The molecule has 35 heavy (non-hydrogen) atoms. The molecular formula is C28H26N2O4S. The summed E-state index contributed by atoms with van der Waals surface area (Å²) in [5.74, 6) is 0.260. The van der Waals surface area contributed by atoms with Crippen LogP contribution in [0.5, 0.6) is 0 Å². The minimum atomic E-state index is -1.02. The van der Waals surface area contributed by atoms with Gasteiger partial charge >= 0.3 is 5.97 Å².